The third-order valence-corrected chi connectivity index (χ3v) is 2.29. The van der Waals surface area contributed by atoms with Gasteiger partial charge in [0.05, 0.1) is 5.56 Å². The molecule has 0 unspecified atom stereocenters. The fraction of sp³-hybridized carbons (Fsp3) is 0.125. The second-order valence-corrected chi connectivity index (χ2v) is 3.92. The van der Waals surface area contributed by atoms with Crippen LogP contribution in [-0.4, -0.2) is 3.79 Å². The van der Waals surface area contributed by atoms with Crippen molar-refractivity contribution in [1.82, 2.24) is 0 Å². The predicted molar refractivity (Wildman–Crippen MR) is 54.8 cm³/mol. The van der Waals surface area contributed by atoms with Gasteiger partial charge in [0.2, 0.25) is 3.79 Å². The van der Waals surface area contributed by atoms with Crippen LogP contribution in [0, 0.1) is 0 Å². The van der Waals surface area contributed by atoms with Crippen molar-refractivity contribution in [3.8, 4) is 0 Å². The fourth-order valence-corrected chi connectivity index (χ4v) is 1.41. The van der Waals surface area contributed by atoms with E-state index in [9.17, 15) is 18.0 Å². The van der Waals surface area contributed by atoms with Crippen LogP contribution in [0.2, 0.25) is 5.02 Å². The number of halogens is 5. The molecule has 0 heterocycles. The van der Waals surface area contributed by atoms with Crippen LogP contribution in [0.4, 0.5) is 13.2 Å². The number of hydrogen-bond donors (Lipinski definition) is 0. The fourth-order valence-electron chi connectivity index (χ4n) is 0.867. The highest BCUT2D eigenvalue weighted by Gasteiger charge is 2.31. The zero-order valence-corrected chi connectivity index (χ0v) is 9.44. The number of carbonyl (C=O) groups excluding carboxylic acids is 1. The first kappa shape index (κ1) is 11.8. The summed E-state index contributed by atoms with van der Waals surface area (Å²) in [5.74, 6) is 0. The minimum Gasteiger partial charge on any atom is -0.282 e. The van der Waals surface area contributed by atoms with Crippen molar-refractivity contribution in [2.24, 2.45) is 0 Å². The van der Waals surface area contributed by atoms with Crippen molar-refractivity contribution >= 4 is 38.0 Å². The van der Waals surface area contributed by atoms with Crippen LogP contribution in [0.3, 0.4) is 0 Å². The van der Waals surface area contributed by atoms with E-state index in [0.717, 1.165) is 12.1 Å². The summed E-state index contributed by atoms with van der Waals surface area (Å²) in [5.41, 5.74) is -0.963. The van der Waals surface area contributed by atoms with Crippen molar-refractivity contribution < 1.29 is 18.0 Å². The summed E-state index contributed by atoms with van der Waals surface area (Å²) in [6, 6.07) is 2.76. The van der Waals surface area contributed by atoms with E-state index in [-0.39, 0.29) is 10.6 Å². The van der Waals surface area contributed by atoms with Gasteiger partial charge in [0.15, 0.2) is 0 Å². The molecular weight excluding hydrogens is 331 g/mol. The predicted octanol–water partition coefficient (Wildman–Crippen LogP) is 3.93. The molecule has 0 aliphatic heterocycles. The average molecular weight is 334 g/mol. The maximum Gasteiger partial charge on any atom is 0.416 e. The van der Waals surface area contributed by atoms with Crippen LogP contribution >= 0.6 is 34.2 Å². The van der Waals surface area contributed by atoms with Gasteiger partial charge in [-0.25, -0.2) is 0 Å². The van der Waals surface area contributed by atoms with Crippen LogP contribution in [0.15, 0.2) is 18.2 Å². The van der Waals surface area contributed by atoms with E-state index < -0.39 is 15.5 Å². The van der Waals surface area contributed by atoms with Crippen LogP contribution in [-0.2, 0) is 6.18 Å². The van der Waals surface area contributed by atoms with Crippen molar-refractivity contribution in [2.45, 2.75) is 6.18 Å². The molecule has 1 aromatic rings. The van der Waals surface area contributed by atoms with Gasteiger partial charge in [-0.1, -0.05) is 11.6 Å². The molecule has 0 bridgehead atoms. The molecule has 1 aromatic carbocycles. The molecule has 0 amide bonds. The van der Waals surface area contributed by atoms with Gasteiger partial charge in [-0.05, 0) is 18.2 Å². The molecular formula is C8H3ClF3IO. The Kier molecular flexibility index (Phi) is 3.41. The zero-order chi connectivity index (χ0) is 10.9. The number of carbonyl (C=O) groups is 1. The molecule has 0 aliphatic rings. The van der Waals surface area contributed by atoms with Crippen LogP contribution < -0.4 is 0 Å². The van der Waals surface area contributed by atoms with E-state index >= 15 is 0 Å². The van der Waals surface area contributed by atoms with Crippen molar-refractivity contribution in [2.75, 3.05) is 0 Å². The SMILES string of the molecule is O=C(I)c1cc(Cl)cc(C(F)(F)F)c1. The van der Waals surface area contributed by atoms with Crippen molar-refractivity contribution in [1.29, 1.82) is 0 Å². The standard InChI is InChI=1S/C8H3ClF3IO/c9-6-2-4(7(13)14)1-5(3-6)8(10,11)12/h1-3H. The molecule has 6 heteroatoms. The molecule has 14 heavy (non-hydrogen) atoms. The third-order valence-electron chi connectivity index (χ3n) is 1.45. The summed E-state index contributed by atoms with van der Waals surface area (Å²) in [4.78, 5) is 10.8. The Labute approximate surface area is 96.4 Å². The molecule has 76 valence electrons. The van der Waals surface area contributed by atoms with E-state index in [1.807, 2.05) is 0 Å². The second kappa shape index (κ2) is 4.06. The van der Waals surface area contributed by atoms with Gasteiger partial charge in [0.1, 0.15) is 0 Å². The van der Waals surface area contributed by atoms with E-state index in [1.165, 1.54) is 28.7 Å². The second-order valence-electron chi connectivity index (χ2n) is 2.50. The number of alkyl halides is 3. The quantitative estimate of drug-likeness (QED) is 0.562. The minimum atomic E-state index is -4.48. The lowest BCUT2D eigenvalue weighted by molar-refractivity contribution is -0.137. The van der Waals surface area contributed by atoms with E-state index in [4.69, 9.17) is 11.6 Å². The van der Waals surface area contributed by atoms with Gasteiger partial charge in [-0.3, -0.25) is 4.79 Å². The molecule has 0 aliphatic carbocycles. The Morgan fingerprint density at radius 3 is 2.29 bits per heavy atom. The van der Waals surface area contributed by atoms with Crippen molar-refractivity contribution in [3.63, 3.8) is 0 Å². The molecule has 0 atom stereocenters. The topological polar surface area (TPSA) is 17.1 Å². The molecule has 0 spiro atoms. The maximum absolute atomic E-state index is 12.2. The first-order valence-corrected chi connectivity index (χ1v) is 4.84. The van der Waals surface area contributed by atoms with E-state index in [2.05, 4.69) is 0 Å². The highest BCUT2D eigenvalue weighted by Crippen LogP contribution is 2.32. The smallest absolute Gasteiger partial charge is 0.282 e. The molecule has 0 radical (unpaired) electrons. The molecule has 0 saturated heterocycles. The third kappa shape index (κ3) is 2.84. The molecule has 0 fully saturated rings. The lowest BCUT2D eigenvalue weighted by atomic mass is 10.1. The van der Waals surface area contributed by atoms with E-state index in [1.54, 1.807) is 0 Å². The summed E-state index contributed by atoms with van der Waals surface area (Å²) < 4.78 is 36.2. The highest BCUT2D eigenvalue weighted by atomic mass is 127. The summed E-state index contributed by atoms with van der Waals surface area (Å²) in [6.45, 7) is 0. The largest absolute Gasteiger partial charge is 0.416 e. The first-order chi connectivity index (χ1) is 6.30. The Morgan fingerprint density at radius 1 is 1.29 bits per heavy atom. The Balaban J connectivity index is 3.28. The molecule has 0 aromatic heterocycles. The van der Waals surface area contributed by atoms with Crippen molar-refractivity contribution in [3.05, 3.63) is 34.3 Å². The summed E-state index contributed by atoms with van der Waals surface area (Å²) >= 11 is 6.85. The number of benzene rings is 1. The Hall–Kier alpha value is -0.300. The van der Waals surface area contributed by atoms with Crippen LogP contribution in [0.1, 0.15) is 15.9 Å². The first-order valence-electron chi connectivity index (χ1n) is 3.38. The van der Waals surface area contributed by atoms with Gasteiger partial charge < -0.3 is 0 Å². The van der Waals surface area contributed by atoms with Crippen LogP contribution in [0.5, 0.6) is 0 Å². The lowest BCUT2D eigenvalue weighted by Crippen LogP contribution is -2.06. The van der Waals surface area contributed by atoms with Gasteiger partial charge in [0, 0.05) is 33.2 Å². The molecule has 1 nitrogen and oxygen atoms in total. The minimum absolute atomic E-state index is 0.0505. The zero-order valence-electron chi connectivity index (χ0n) is 6.53. The molecule has 1 rings (SSSR count). The average Bonchev–Trinajstić information content (AvgIpc) is 2.01. The highest BCUT2D eigenvalue weighted by molar-refractivity contribution is 14.1. The monoisotopic (exact) mass is 334 g/mol. The maximum atomic E-state index is 12.2. The normalized spacial score (nSPS) is 11.5. The van der Waals surface area contributed by atoms with Gasteiger partial charge in [-0.15, -0.1) is 0 Å². The summed E-state index contributed by atoms with van der Waals surface area (Å²) in [7, 11) is 0. The molecule has 0 saturated carbocycles. The summed E-state index contributed by atoms with van der Waals surface area (Å²) in [5, 5.41) is -0.0974. The van der Waals surface area contributed by atoms with Gasteiger partial charge in [0.25, 0.3) is 0 Å². The van der Waals surface area contributed by atoms with Gasteiger partial charge >= 0.3 is 6.18 Å². The Morgan fingerprint density at radius 2 is 1.86 bits per heavy atom. The molecule has 0 N–H and O–H groups in total. The number of hydrogen-bond acceptors (Lipinski definition) is 1. The van der Waals surface area contributed by atoms with Gasteiger partial charge in [-0.2, -0.15) is 13.2 Å². The Bertz CT molecular complexity index is 375. The number of rotatable bonds is 1. The summed E-state index contributed by atoms with van der Waals surface area (Å²) in [6.07, 6.45) is -4.48. The van der Waals surface area contributed by atoms with E-state index in [0.29, 0.717) is 0 Å². The van der Waals surface area contributed by atoms with Crippen LogP contribution in [0.25, 0.3) is 0 Å². The lowest BCUT2D eigenvalue weighted by Gasteiger charge is -2.07.